The van der Waals surface area contributed by atoms with Crippen molar-refractivity contribution >= 4 is 5.91 Å². The molecule has 1 atom stereocenters. The fourth-order valence-electron chi connectivity index (χ4n) is 3.74. The average Bonchev–Trinajstić information content (AvgIpc) is 3.19. The number of hydrogen-bond donors (Lipinski definition) is 0. The average molecular weight is 360 g/mol. The van der Waals surface area contributed by atoms with Crippen molar-refractivity contribution in [2.75, 3.05) is 13.1 Å². The summed E-state index contributed by atoms with van der Waals surface area (Å²) in [6, 6.07) is 16.2. The first kappa shape index (κ1) is 17.4. The molecule has 1 fully saturated rings. The quantitative estimate of drug-likeness (QED) is 0.670. The molecule has 4 rings (SSSR count). The Morgan fingerprint density at radius 2 is 2.04 bits per heavy atom. The zero-order valence-electron chi connectivity index (χ0n) is 15.2. The van der Waals surface area contributed by atoms with Crippen molar-refractivity contribution in [2.24, 2.45) is 0 Å². The first-order chi connectivity index (χ1) is 13.1. The maximum atomic E-state index is 13.6. The number of halogens is 1. The maximum absolute atomic E-state index is 13.6. The highest BCUT2D eigenvalue weighted by atomic mass is 19.1. The van der Waals surface area contributed by atoms with E-state index in [2.05, 4.69) is 11.1 Å². The second kappa shape index (κ2) is 7.31. The van der Waals surface area contributed by atoms with Crippen molar-refractivity contribution in [1.82, 2.24) is 9.88 Å². The van der Waals surface area contributed by atoms with Crippen molar-refractivity contribution in [2.45, 2.75) is 19.3 Å². The Morgan fingerprint density at radius 1 is 1.15 bits per heavy atom. The molecule has 1 saturated heterocycles. The molecule has 0 spiro atoms. The summed E-state index contributed by atoms with van der Waals surface area (Å²) in [5.74, 6) is 0.0808. The molecule has 1 amide bonds. The third-order valence-corrected chi connectivity index (χ3v) is 5.25. The van der Waals surface area contributed by atoms with Gasteiger partial charge in [0.1, 0.15) is 5.82 Å². The van der Waals surface area contributed by atoms with Gasteiger partial charge in [-0.2, -0.15) is 0 Å². The second-order valence-electron chi connectivity index (χ2n) is 7.06. The Hall–Kier alpha value is -3.01. The van der Waals surface area contributed by atoms with Gasteiger partial charge in [0.15, 0.2) is 0 Å². The number of amides is 1. The molecule has 3 nitrogen and oxygen atoms in total. The molecular weight excluding hydrogens is 339 g/mol. The largest absolute Gasteiger partial charge is 0.338 e. The lowest BCUT2D eigenvalue weighted by Crippen LogP contribution is -2.28. The van der Waals surface area contributed by atoms with Gasteiger partial charge in [-0.05, 0) is 65.9 Å². The summed E-state index contributed by atoms with van der Waals surface area (Å²) < 4.78 is 13.6. The van der Waals surface area contributed by atoms with Gasteiger partial charge in [-0.1, -0.05) is 24.3 Å². The Morgan fingerprint density at radius 3 is 2.81 bits per heavy atom. The molecule has 1 unspecified atom stereocenters. The first-order valence-corrected chi connectivity index (χ1v) is 9.17. The van der Waals surface area contributed by atoms with Crippen LogP contribution in [0.1, 0.15) is 33.8 Å². The maximum Gasteiger partial charge on any atom is 0.253 e. The number of rotatable bonds is 3. The van der Waals surface area contributed by atoms with Crippen molar-refractivity contribution < 1.29 is 9.18 Å². The Bertz CT molecular complexity index is 971. The molecule has 3 aromatic rings. The van der Waals surface area contributed by atoms with Crippen LogP contribution in [0.2, 0.25) is 0 Å². The van der Waals surface area contributed by atoms with E-state index < -0.39 is 0 Å². The van der Waals surface area contributed by atoms with E-state index in [9.17, 15) is 9.18 Å². The summed E-state index contributed by atoms with van der Waals surface area (Å²) in [5, 5.41) is 0. The van der Waals surface area contributed by atoms with Crippen molar-refractivity contribution in [3.8, 4) is 11.1 Å². The number of aromatic nitrogens is 1. The van der Waals surface area contributed by atoms with Crippen molar-refractivity contribution in [3.05, 3.63) is 89.5 Å². The number of aryl methyl sites for hydroxylation is 1. The van der Waals surface area contributed by atoms with Gasteiger partial charge in [-0.15, -0.1) is 0 Å². The van der Waals surface area contributed by atoms with Gasteiger partial charge in [0, 0.05) is 37.0 Å². The summed E-state index contributed by atoms with van der Waals surface area (Å²) >= 11 is 0. The number of likely N-dealkylation sites (tertiary alicyclic amines) is 1. The number of benzene rings is 2. The topological polar surface area (TPSA) is 33.2 Å². The van der Waals surface area contributed by atoms with Gasteiger partial charge < -0.3 is 4.90 Å². The molecule has 2 aromatic carbocycles. The van der Waals surface area contributed by atoms with Crippen LogP contribution >= 0.6 is 0 Å². The van der Waals surface area contributed by atoms with Crippen LogP contribution in [-0.4, -0.2) is 28.9 Å². The van der Waals surface area contributed by atoms with Gasteiger partial charge in [-0.25, -0.2) is 4.39 Å². The molecule has 2 heterocycles. The van der Waals surface area contributed by atoms with E-state index in [1.54, 1.807) is 12.3 Å². The molecular formula is C23H21FN2O. The van der Waals surface area contributed by atoms with Crippen LogP contribution in [0.15, 0.2) is 67.0 Å². The van der Waals surface area contributed by atoms with E-state index in [1.807, 2.05) is 48.4 Å². The van der Waals surface area contributed by atoms with Crippen LogP contribution in [0, 0.1) is 12.7 Å². The van der Waals surface area contributed by atoms with E-state index in [0.29, 0.717) is 18.0 Å². The van der Waals surface area contributed by atoms with Crippen LogP contribution in [0.5, 0.6) is 0 Å². The van der Waals surface area contributed by atoms with Crippen LogP contribution < -0.4 is 0 Å². The van der Waals surface area contributed by atoms with Crippen LogP contribution in [0.25, 0.3) is 11.1 Å². The summed E-state index contributed by atoms with van der Waals surface area (Å²) in [5.41, 5.74) is 4.52. The summed E-state index contributed by atoms with van der Waals surface area (Å²) in [4.78, 5) is 19.1. The predicted molar refractivity (Wildman–Crippen MR) is 104 cm³/mol. The van der Waals surface area contributed by atoms with E-state index in [1.165, 1.54) is 17.7 Å². The fourth-order valence-corrected chi connectivity index (χ4v) is 3.74. The van der Waals surface area contributed by atoms with Crippen LogP contribution in [0.4, 0.5) is 4.39 Å². The minimum atomic E-state index is -0.275. The highest BCUT2D eigenvalue weighted by Crippen LogP contribution is 2.29. The lowest BCUT2D eigenvalue weighted by molar-refractivity contribution is 0.0791. The SMILES string of the molecule is Cc1ccc(C(=O)N2CCC(c3cccnc3)C2)cc1-c1cccc(F)c1. The van der Waals surface area contributed by atoms with Gasteiger partial charge >= 0.3 is 0 Å². The van der Waals surface area contributed by atoms with E-state index in [0.717, 1.165) is 29.7 Å². The second-order valence-corrected chi connectivity index (χ2v) is 7.06. The predicted octanol–water partition coefficient (Wildman–Crippen LogP) is 4.83. The van der Waals surface area contributed by atoms with Gasteiger partial charge in [0.25, 0.3) is 5.91 Å². The lowest BCUT2D eigenvalue weighted by atomic mass is 9.97. The zero-order chi connectivity index (χ0) is 18.8. The molecule has 0 bridgehead atoms. The number of carbonyl (C=O) groups excluding carboxylic acids is 1. The Balaban J connectivity index is 1.57. The van der Waals surface area contributed by atoms with Crippen molar-refractivity contribution in [3.63, 3.8) is 0 Å². The number of hydrogen-bond acceptors (Lipinski definition) is 2. The minimum Gasteiger partial charge on any atom is -0.338 e. The monoisotopic (exact) mass is 360 g/mol. The van der Waals surface area contributed by atoms with E-state index >= 15 is 0 Å². The summed E-state index contributed by atoms with van der Waals surface area (Å²) in [7, 11) is 0. The van der Waals surface area contributed by atoms with Gasteiger partial charge in [0.2, 0.25) is 0 Å². The van der Waals surface area contributed by atoms with Crippen molar-refractivity contribution in [1.29, 1.82) is 0 Å². The molecule has 0 aliphatic carbocycles. The highest BCUT2D eigenvalue weighted by Gasteiger charge is 2.28. The fraction of sp³-hybridized carbons (Fsp3) is 0.217. The summed E-state index contributed by atoms with van der Waals surface area (Å²) in [6.45, 7) is 3.41. The zero-order valence-corrected chi connectivity index (χ0v) is 15.2. The highest BCUT2D eigenvalue weighted by molar-refractivity contribution is 5.96. The summed E-state index contributed by atoms with van der Waals surface area (Å²) in [6.07, 6.45) is 4.59. The molecule has 1 aliphatic rings. The van der Waals surface area contributed by atoms with Crippen LogP contribution in [-0.2, 0) is 0 Å². The molecule has 0 saturated carbocycles. The molecule has 1 aromatic heterocycles. The molecule has 136 valence electrons. The van der Waals surface area contributed by atoms with E-state index in [-0.39, 0.29) is 11.7 Å². The third-order valence-electron chi connectivity index (χ3n) is 5.25. The minimum absolute atomic E-state index is 0.0269. The lowest BCUT2D eigenvalue weighted by Gasteiger charge is -2.18. The molecule has 0 radical (unpaired) electrons. The number of pyridine rings is 1. The molecule has 1 aliphatic heterocycles. The van der Waals surface area contributed by atoms with Gasteiger partial charge in [-0.3, -0.25) is 9.78 Å². The number of nitrogens with zero attached hydrogens (tertiary/aromatic N) is 2. The van der Waals surface area contributed by atoms with E-state index in [4.69, 9.17) is 0 Å². The Kier molecular flexibility index (Phi) is 4.71. The standard InChI is InChI=1S/C23H21FN2O/c1-16-7-8-18(13-22(16)17-4-2-6-21(24)12-17)23(27)26-11-9-20(15-26)19-5-3-10-25-14-19/h2-8,10,12-14,20H,9,11,15H2,1H3. The smallest absolute Gasteiger partial charge is 0.253 e. The molecule has 4 heteroatoms. The third kappa shape index (κ3) is 3.61. The van der Waals surface area contributed by atoms with Crippen LogP contribution in [0.3, 0.4) is 0 Å². The normalized spacial score (nSPS) is 16.5. The Labute approximate surface area is 158 Å². The number of carbonyl (C=O) groups is 1. The first-order valence-electron chi connectivity index (χ1n) is 9.17. The molecule has 27 heavy (non-hydrogen) atoms. The van der Waals surface area contributed by atoms with Gasteiger partial charge in [0.05, 0.1) is 0 Å². The molecule has 0 N–H and O–H groups in total.